The molecule has 3 aromatic rings. The average Bonchev–Trinajstić information content (AvgIpc) is 3.02. The van der Waals surface area contributed by atoms with Crippen molar-refractivity contribution >= 4 is 10.9 Å². The van der Waals surface area contributed by atoms with Gasteiger partial charge in [-0.3, -0.25) is 0 Å². The fraction of sp³-hybridized carbons (Fsp3) is 0.0667. The van der Waals surface area contributed by atoms with Crippen LogP contribution in [0, 0.1) is 23.0 Å². The summed E-state index contributed by atoms with van der Waals surface area (Å²) < 4.78 is 33.6. The van der Waals surface area contributed by atoms with E-state index < -0.39 is 24.0 Å². The van der Waals surface area contributed by atoms with Gasteiger partial charge >= 0.3 is 0 Å². The number of nitrogens with zero attached hydrogens (tertiary/aromatic N) is 2. The standard InChI is InChI=1S/C15H9F2N3O2/c16-12-13(17)15(11(7-21)10-2-4-20-14(10)12)22-9-1-3-19-8(5-9)6-18/h1-5,20-21H,7H2. The molecule has 7 heteroatoms. The van der Waals surface area contributed by atoms with Crippen LogP contribution in [0.2, 0.25) is 0 Å². The lowest BCUT2D eigenvalue weighted by Crippen LogP contribution is -2.00. The first-order chi connectivity index (χ1) is 10.7. The van der Waals surface area contributed by atoms with Crippen molar-refractivity contribution in [3.63, 3.8) is 0 Å². The summed E-state index contributed by atoms with van der Waals surface area (Å²) in [6.45, 7) is -0.531. The number of aliphatic hydroxyl groups excluding tert-OH is 1. The molecule has 0 aliphatic rings. The van der Waals surface area contributed by atoms with Gasteiger partial charge in [0.15, 0.2) is 11.6 Å². The number of H-pyrrole nitrogens is 1. The molecule has 0 amide bonds. The number of fused-ring (bicyclic) bond motifs is 1. The number of aromatic amines is 1. The highest BCUT2D eigenvalue weighted by atomic mass is 19.2. The zero-order chi connectivity index (χ0) is 15.7. The Kier molecular flexibility index (Phi) is 3.45. The van der Waals surface area contributed by atoms with Gasteiger partial charge in [0.1, 0.15) is 17.5 Å². The van der Waals surface area contributed by atoms with Gasteiger partial charge in [-0.1, -0.05) is 0 Å². The SMILES string of the molecule is N#Cc1cc(Oc2c(F)c(F)c3[nH]ccc3c2CO)ccn1. The van der Waals surface area contributed by atoms with E-state index in [-0.39, 0.29) is 22.5 Å². The van der Waals surface area contributed by atoms with Crippen LogP contribution in [0.1, 0.15) is 11.3 Å². The second kappa shape index (κ2) is 5.42. The molecule has 110 valence electrons. The highest BCUT2D eigenvalue weighted by molar-refractivity contribution is 5.86. The molecule has 5 nitrogen and oxygen atoms in total. The topological polar surface area (TPSA) is 81.9 Å². The fourth-order valence-corrected chi connectivity index (χ4v) is 2.18. The van der Waals surface area contributed by atoms with Crippen LogP contribution < -0.4 is 4.74 Å². The summed E-state index contributed by atoms with van der Waals surface area (Å²) >= 11 is 0. The molecule has 2 N–H and O–H groups in total. The number of hydrogen-bond acceptors (Lipinski definition) is 4. The fourth-order valence-electron chi connectivity index (χ4n) is 2.18. The Hall–Kier alpha value is -2.98. The number of aromatic nitrogens is 2. The number of halogens is 2. The van der Waals surface area contributed by atoms with Crippen LogP contribution in [0.4, 0.5) is 8.78 Å². The van der Waals surface area contributed by atoms with Crippen LogP contribution in [0.3, 0.4) is 0 Å². The van der Waals surface area contributed by atoms with Gasteiger partial charge in [-0.05, 0) is 12.1 Å². The maximum absolute atomic E-state index is 14.2. The Morgan fingerprint density at radius 3 is 2.86 bits per heavy atom. The second-order valence-electron chi connectivity index (χ2n) is 4.45. The molecule has 0 unspecified atom stereocenters. The second-order valence-corrected chi connectivity index (χ2v) is 4.45. The third-order valence-corrected chi connectivity index (χ3v) is 3.18. The van der Waals surface area contributed by atoms with E-state index in [0.29, 0.717) is 5.39 Å². The largest absolute Gasteiger partial charge is 0.454 e. The maximum atomic E-state index is 14.2. The minimum atomic E-state index is -1.21. The Bertz CT molecular complexity index is 900. The predicted molar refractivity (Wildman–Crippen MR) is 73.2 cm³/mol. The van der Waals surface area contributed by atoms with Gasteiger partial charge in [-0.25, -0.2) is 9.37 Å². The molecule has 0 radical (unpaired) electrons. The molecular weight excluding hydrogens is 292 g/mol. The van der Waals surface area contributed by atoms with Crippen LogP contribution >= 0.6 is 0 Å². The molecule has 22 heavy (non-hydrogen) atoms. The van der Waals surface area contributed by atoms with Gasteiger partial charge in [0.25, 0.3) is 0 Å². The Morgan fingerprint density at radius 1 is 1.32 bits per heavy atom. The monoisotopic (exact) mass is 301 g/mol. The van der Waals surface area contributed by atoms with Gasteiger partial charge in [-0.2, -0.15) is 9.65 Å². The van der Waals surface area contributed by atoms with E-state index in [1.807, 2.05) is 6.07 Å². The molecule has 2 heterocycles. The summed E-state index contributed by atoms with van der Waals surface area (Å²) in [5, 5.41) is 18.6. The highest BCUT2D eigenvalue weighted by Crippen LogP contribution is 2.36. The number of benzene rings is 1. The minimum Gasteiger partial charge on any atom is -0.454 e. The van der Waals surface area contributed by atoms with E-state index in [4.69, 9.17) is 10.00 Å². The van der Waals surface area contributed by atoms with Crippen molar-refractivity contribution in [3.8, 4) is 17.6 Å². The molecule has 0 fully saturated rings. The van der Waals surface area contributed by atoms with Crippen molar-refractivity contribution in [3.05, 3.63) is 53.5 Å². The summed E-state index contributed by atoms with van der Waals surface area (Å²) in [5.41, 5.74) is 0.151. The summed E-state index contributed by atoms with van der Waals surface area (Å²) in [5.74, 6) is -2.60. The first kappa shape index (κ1) is 14.0. The Balaban J connectivity index is 2.17. The third-order valence-electron chi connectivity index (χ3n) is 3.18. The lowest BCUT2D eigenvalue weighted by atomic mass is 10.1. The minimum absolute atomic E-state index is 0.0404. The van der Waals surface area contributed by atoms with Crippen LogP contribution in [0.15, 0.2) is 30.6 Å². The van der Waals surface area contributed by atoms with E-state index in [2.05, 4.69) is 9.97 Å². The summed E-state index contributed by atoms with van der Waals surface area (Å²) in [6, 6.07) is 6.03. The van der Waals surface area contributed by atoms with Crippen molar-refractivity contribution in [2.24, 2.45) is 0 Å². The van der Waals surface area contributed by atoms with Crippen LogP contribution in [-0.2, 0) is 6.61 Å². The van der Waals surface area contributed by atoms with Crippen molar-refractivity contribution in [1.29, 1.82) is 5.26 Å². The van der Waals surface area contributed by atoms with Gasteiger partial charge in [0, 0.05) is 29.4 Å². The van der Waals surface area contributed by atoms with E-state index in [0.717, 1.165) is 0 Å². The number of rotatable bonds is 3. The highest BCUT2D eigenvalue weighted by Gasteiger charge is 2.22. The number of ether oxygens (including phenoxy) is 1. The summed E-state index contributed by atoms with van der Waals surface area (Å²) in [7, 11) is 0. The molecule has 0 saturated carbocycles. The number of hydrogen-bond donors (Lipinski definition) is 2. The molecule has 1 aromatic carbocycles. The zero-order valence-corrected chi connectivity index (χ0v) is 11.1. The quantitative estimate of drug-likeness (QED) is 0.779. The number of pyridine rings is 1. The number of nitriles is 1. The molecule has 0 aliphatic carbocycles. The molecule has 0 aliphatic heterocycles. The first-order valence-electron chi connectivity index (χ1n) is 6.27. The first-order valence-corrected chi connectivity index (χ1v) is 6.27. The van der Waals surface area contributed by atoms with Crippen molar-refractivity contribution in [2.45, 2.75) is 6.61 Å². The smallest absolute Gasteiger partial charge is 0.203 e. The maximum Gasteiger partial charge on any atom is 0.203 e. The molecular formula is C15H9F2N3O2. The Labute approximate surface area is 123 Å². The molecule has 2 aromatic heterocycles. The third kappa shape index (κ3) is 2.16. The van der Waals surface area contributed by atoms with E-state index >= 15 is 0 Å². The summed E-state index contributed by atoms with van der Waals surface area (Å²) in [4.78, 5) is 6.34. The molecule has 0 atom stereocenters. The predicted octanol–water partition coefficient (Wildman–Crippen LogP) is 3.00. The Morgan fingerprint density at radius 2 is 2.14 bits per heavy atom. The molecule has 0 spiro atoms. The van der Waals surface area contributed by atoms with E-state index in [1.165, 1.54) is 30.6 Å². The van der Waals surface area contributed by atoms with Gasteiger partial charge in [0.2, 0.25) is 5.82 Å². The molecule has 0 bridgehead atoms. The lowest BCUT2D eigenvalue weighted by Gasteiger charge is -2.13. The van der Waals surface area contributed by atoms with Crippen molar-refractivity contribution in [1.82, 2.24) is 9.97 Å². The van der Waals surface area contributed by atoms with Gasteiger partial charge < -0.3 is 14.8 Å². The van der Waals surface area contributed by atoms with Crippen LogP contribution in [0.5, 0.6) is 11.5 Å². The number of nitrogens with one attached hydrogen (secondary N) is 1. The van der Waals surface area contributed by atoms with Crippen LogP contribution in [0.25, 0.3) is 10.9 Å². The average molecular weight is 301 g/mol. The van der Waals surface area contributed by atoms with Crippen molar-refractivity contribution in [2.75, 3.05) is 0 Å². The zero-order valence-electron chi connectivity index (χ0n) is 11.1. The van der Waals surface area contributed by atoms with E-state index in [9.17, 15) is 13.9 Å². The molecule has 0 saturated heterocycles. The molecule has 3 rings (SSSR count). The van der Waals surface area contributed by atoms with E-state index in [1.54, 1.807) is 0 Å². The van der Waals surface area contributed by atoms with Gasteiger partial charge in [0.05, 0.1) is 12.1 Å². The number of aliphatic hydroxyl groups is 1. The van der Waals surface area contributed by atoms with Crippen molar-refractivity contribution < 1.29 is 18.6 Å². The normalized spacial score (nSPS) is 10.6. The summed E-state index contributed by atoms with van der Waals surface area (Å²) in [6.07, 6.45) is 2.76. The van der Waals surface area contributed by atoms with Gasteiger partial charge in [-0.15, -0.1) is 0 Å². The lowest BCUT2D eigenvalue weighted by molar-refractivity contribution is 0.275. The van der Waals surface area contributed by atoms with Crippen LogP contribution in [-0.4, -0.2) is 15.1 Å².